The summed E-state index contributed by atoms with van der Waals surface area (Å²) in [5.74, 6) is 0.799. The molecule has 2 heterocycles. The second-order valence-electron chi connectivity index (χ2n) is 4.26. The molecule has 0 aliphatic heterocycles. The van der Waals surface area contributed by atoms with E-state index in [2.05, 4.69) is 15.4 Å². The van der Waals surface area contributed by atoms with Gasteiger partial charge in [0.15, 0.2) is 5.82 Å². The Bertz CT molecular complexity index is 621. The third-order valence-corrected chi connectivity index (χ3v) is 3.01. The Balaban J connectivity index is 2.45. The van der Waals surface area contributed by atoms with Gasteiger partial charge in [0, 0.05) is 6.54 Å². The summed E-state index contributed by atoms with van der Waals surface area (Å²) < 4.78 is 1.43. The Labute approximate surface area is 120 Å². The van der Waals surface area contributed by atoms with Gasteiger partial charge in [0.05, 0.1) is 34.0 Å². The van der Waals surface area contributed by atoms with Crippen molar-refractivity contribution in [2.45, 2.75) is 20.3 Å². The van der Waals surface area contributed by atoms with Crippen LogP contribution in [-0.4, -0.2) is 26.2 Å². The number of nitro groups is 1. The second-order valence-corrected chi connectivity index (χ2v) is 4.67. The number of aromatic nitrogens is 3. The highest BCUT2D eigenvalue weighted by atomic mass is 35.5. The van der Waals surface area contributed by atoms with Gasteiger partial charge >= 0.3 is 0 Å². The third-order valence-electron chi connectivity index (χ3n) is 2.64. The van der Waals surface area contributed by atoms with Crippen LogP contribution in [0.15, 0.2) is 18.3 Å². The fourth-order valence-electron chi connectivity index (χ4n) is 1.62. The maximum absolute atomic E-state index is 11.0. The first-order chi connectivity index (χ1) is 9.51. The quantitative estimate of drug-likeness (QED) is 0.677. The zero-order chi connectivity index (χ0) is 14.7. The van der Waals surface area contributed by atoms with Gasteiger partial charge in [-0.15, -0.1) is 0 Å². The van der Waals surface area contributed by atoms with E-state index in [1.807, 2.05) is 6.92 Å². The second kappa shape index (κ2) is 5.87. The van der Waals surface area contributed by atoms with Gasteiger partial charge in [0.1, 0.15) is 5.82 Å². The van der Waals surface area contributed by atoms with E-state index in [9.17, 15) is 10.1 Å². The topological polar surface area (TPSA) is 85.9 Å². The molecule has 1 N–H and O–H groups in total. The zero-order valence-corrected chi connectivity index (χ0v) is 11.9. The number of nitrogens with one attached hydrogen (secondary N) is 1. The smallest absolute Gasteiger partial charge is 0.276 e. The van der Waals surface area contributed by atoms with E-state index in [1.54, 1.807) is 13.1 Å². The molecule has 0 radical (unpaired) electrons. The van der Waals surface area contributed by atoms with Gasteiger partial charge in [0.25, 0.3) is 5.69 Å². The average molecular weight is 296 g/mol. The highest BCUT2D eigenvalue weighted by Gasteiger charge is 2.14. The molecule has 0 aliphatic rings. The lowest BCUT2D eigenvalue weighted by molar-refractivity contribution is -0.384. The molecular formula is C12H14ClN5O2. The largest absolute Gasteiger partial charge is 0.370 e. The molecule has 2 aromatic heterocycles. The number of aryl methyl sites for hydroxylation is 1. The van der Waals surface area contributed by atoms with Crippen LogP contribution in [0, 0.1) is 17.0 Å². The molecule has 0 atom stereocenters. The van der Waals surface area contributed by atoms with Crippen molar-refractivity contribution in [2.75, 3.05) is 11.9 Å². The Hall–Kier alpha value is -2.15. The molecule has 2 rings (SSSR count). The van der Waals surface area contributed by atoms with Gasteiger partial charge < -0.3 is 5.32 Å². The lowest BCUT2D eigenvalue weighted by atomic mass is 10.3. The summed E-state index contributed by atoms with van der Waals surface area (Å²) >= 11 is 5.94. The Kier molecular flexibility index (Phi) is 4.19. The zero-order valence-electron chi connectivity index (χ0n) is 11.1. The van der Waals surface area contributed by atoms with Crippen LogP contribution in [0.2, 0.25) is 5.02 Å². The number of rotatable bonds is 5. The molecule has 0 bridgehead atoms. The summed E-state index contributed by atoms with van der Waals surface area (Å²) in [6.07, 6.45) is 2.47. The molecule has 0 aliphatic carbocycles. The molecule has 0 aromatic carbocycles. The molecule has 0 amide bonds. The summed E-state index contributed by atoms with van der Waals surface area (Å²) in [5.41, 5.74) is 0.598. The van der Waals surface area contributed by atoms with Crippen LogP contribution in [-0.2, 0) is 0 Å². The van der Waals surface area contributed by atoms with Crippen LogP contribution < -0.4 is 5.32 Å². The van der Waals surface area contributed by atoms with Gasteiger partial charge in [-0.05, 0) is 13.3 Å². The fourth-order valence-corrected chi connectivity index (χ4v) is 1.75. The Morgan fingerprint density at radius 1 is 1.50 bits per heavy atom. The van der Waals surface area contributed by atoms with Crippen LogP contribution in [0.25, 0.3) is 5.82 Å². The lowest BCUT2D eigenvalue weighted by Gasteiger charge is -2.06. The first-order valence-corrected chi connectivity index (χ1v) is 6.51. The first kappa shape index (κ1) is 14.3. The van der Waals surface area contributed by atoms with Crippen LogP contribution in [0.3, 0.4) is 0 Å². The highest BCUT2D eigenvalue weighted by Crippen LogP contribution is 2.22. The molecule has 0 saturated heterocycles. The standard InChI is InChI=1S/C12H14ClN5O2/c1-3-4-14-11-5-9(18(19)20)6-12(15-11)17-7-10(13)8(2)16-17/h5-7H,3-4H2,1-2H3,(H,14,15). The van der Waals surface area contributed by atoms with Crippen molar-refractivity contribution >= 4 is 23.1 Å². The van der Waals surface area contributed by atoms with Gasteiger partial charge in [-0.3, -0.25) is 10.1 Å². The van der Waals surface area contributed by atoms with Crippen LogP contribution in [0.4, 0.5) is 11.5 Å². The molecule has 20 heavy (non-hydrogen) atoms. The minimum absolute atomic E-state index is 0.0436. The average Bonchev–Trinajstić information content (AvgIpc) is 2.76. The van der Waals surface area contributed by atoms with Gasteiger partial charge in [-0.1, -0.05) is 18.5 Å². The van der Waals surface area contributed by atoms with Crippen molar-refractivity contribution in [1.29, 1.82) is 0 Å². The molecule has 0 saturated carbocycles. The molecule has 2 aromatic rings. The monoisotopic (exact) mass is 295 g/mol. The predicted molar refractivity (Wildman–Crippen MR) is 76.5 cm³/mol. The Morgan fingerprint density at radius 2 is 2.25 bits per heavy atom. The van der Waals surface area contributed by atoms with E-state index >= 15 is 0 Å². The third kappa shape index (κ3) is 3.05. The summed E-state index contributed by atoms with van der Waals surface area (Å²) in [5, 5.41) is 18.7. The van der Waals surface area contributed by atoms with Gasteiger partial charge in [0.2, 0.25) is 0 Å². The number of hydrogen-bond donors (Lipinski definition) is 1. The fraction of sp³-hybridized carbons (Fsp3) is 0.333. The molecule has 0 spiro atoms. The van der Waals surface area contributed by atoms with Crippen molar-refractivity contribution in [1.82, 2.24) is 14.8 Å². The first-order valence-electron chi connectivity index (χ1n) is 6.13. The minimum Gasteiger partial charge on any atom is -0.370 e. The number of halogens is 1. The highest BCUT2D eigenvalue weighted by molar-refractivity contribution is 6.31. The summed E-state index contributed by atoms with van der Waals surface area (Å²) in [4.78, 5) is 14.8. The van der Waals surface area contributed by atoms with Crippen molar-refractivity contribution in [3.05, 3.63) is 39.2 Å². The summed E-state index contributed by atoms with van der Waals surface area (Å²) in [6.45, 7) is 4.45. The molecule has 0 fully saturated rings. The van der Waals surface area contributed by atoms with Crippen LogP contribution >= 0.6 is 11.6 Å². The van der Waals surface area contributed by atoms with Crippen LogP contribution in [0.1, 0.15) is 19.0 Å². The number of pyridine rings is 1. The number of nitrogens with zero attached hydrogens (tertiary/aromatic N) is 4. The minimum atomic E-state index is -0.458. The molecule has 8 heteroatoms. The Morgan fingerprint density at radius 3 is 2.80 bits per heavy atom. The van der Waals surface area contributed by atoms with Crippen molar-refractivity contribution < 1.29 is 4.92 Å². The summed E-state index contributed by atoms with van der Waals surface area (Å²) in [7, 11) is 0. The lowest BCUT2D eigenvalue weighted by Crippen LogP contribution is -2.06. The van der Waals surface area contributed by atoms with E-state index in [0.29, 0.717) is 28.9 Å². The predicted octanol–water partition coefficient (Wildman–Crippen LogP) is 2.96. The van der Waals surface area contributed by atoms with Gasteiger partial charge in [-0.25, -0.2) is 9.67 Å². The SMILES string of the molecule is CCCNc1cc([N+](=O)[O-])cc(-n2cc(Cl)c(C)n2)n1. The normalized spacial score (nSPS) is 10.6. The van der Waals surface area contributed by atoms with E-state index in [1.165, 1.54) is 16.8 Å². The molecule has 106 valence electrons. The molecule has 0 unspecified atom stereocenters. The number of hydrogen-bond acceptors (Lipinski definition) is 5. The summed E-state index contributed by atoms with van der Waals surface area (Å²) in [6, 6.07) is 2.76. The maximum Gasteiger partial charge on any atom is 0.276 e. The van der Waals surface area contributed by atoms with Crippen LogP contribution in [0.5, 0.6) is 0 Å². The molecule has 7 nitrogen and oxygen atoms in total. The maximum atomic E-state index is 11.0. The van der Waals surface area contributed by atoms with Gasteiger partial charge in [-0.2, -0.15) is 5.10 Å². The van der Waals surface area contributed by atoms with E-state index in [4.69, 9.17) is 11.6 Å². The number of anilines is 1. The van der Waals surface area contributed by atoms with Crippen molar-refractivity contribution in [3.63, 3.8) is 0 Å². The van der Waals surface area contributed by atoms with E-state index in [0.717, 1.165) is 6.42 Å². The molecular weight excluding hydrogens is 282 g/mol. The van der Waals surface area contributed by atoms with E-state index < -0.39 is 4.92 Å². The van der Waals surface area contributed by atoms with Crippen molar-refractivity contribution in [3.8, 4) is 5.82 Å². The van der Waals surface area contributed by atoms with Crippen molar-refractivity contribution in [2.24, 2.45) is 0 Å². The van der Waals surface area contributed by atoms with E-state index in [-0.39, 0.29) is 5.69 Å².